The van der Waals surface area contributed by atoms with Crippen LogP contribution in [0.4, 0.5) is 4.39 Å². The molecule has 1 aromatic heterocycles. The predicted molar refractivity (Wildman–Crippen MR) is 95.7 cm³/mol. The Kier molecular flexibility index (Phi) is 6.70. The van der Waals surface area contributed by atoms with E-state index in [0.29, 0.717) is 29.5 Å². The van der Waals surface area contributed by atoms with E-state index in [2.05, 4.69) is 36.0 Å². The molecule has 1 N–H and O–H groups in total. The number of nitrogens with zero attached hydrogens (tertiary/aromatic N) is 2. The summed E-state index contributed by atoms with van der Waals surface area (Å²) in [6, 6.07) is 6.21. The molecule has 1 heterocycles. The van der Waals surface area contributed by atoms with Crippen molar-refractivity contribution in [1.29, 1.82) is 0 Å². The molecule has 0 fully saturated rings. The SMILES string of the molecule is CCN(CC)C(C)CNC(=O)Cc1nc(-c2ccc(F)cc2)oc1C. The smallest absolute Gasteiger partial charge is 0.226 e. The number of carbonyl (C=O) groups is 1. The minimum atomic E-state index is -0.311. The molecule has 0 aliphatic rings. The normalized spacial score (nSPS) is 12.4. The minimum Gasteiger partial charge on any atom is -0.441 e. The molecule has 6 heteroatoms. The van der Waals surface area contributed by atoms with Gasteiger partial charge >= 0.3 is 0 Å². The van der Waals surface area contributed by atoms with Crippen LogP contribution in [0.3, 0.4) is 0 Å². The van der Waals surface area contributed by atoms with E-state index in [-0.39, 0.29) is 24.2 Å². The van der Waals surface area contributed by atoms with Crippen LogP contribution in [-0.2, 0) is 11.2 Å². The van der Waals surface area contributed by atoms with Gasteiger partial charge in [0.1, 0.15) is 11.6 Å². The van der Waals surface area contributed by atoms with E-state index in [0.717, 1.165) is 13.1 Å². The van der Waals surface area contributed by atoms with Crippen molar-refractivity contribution in [2.75, 3.05) is 19.6 Å². The number of aryl methyl sites for hydroxylation is 1. The Morgan fingerprint density at radius 1 is 1.28 bits per heavy atom. The zero-order valence-electron chi connectivity index (χ0n) is 15.3. The lowest BCUT2D eigenvalue weighted by molar-refractivity contribution is -0.120. The second kappa shape index (κ2) is 8.76. The summed E-state index contributed by atoms with van der Waals surface area (Å²) in [7, 11) is 0. The molecule has 25 heavy (non-hydrogen) atoms. The van der Waals surface area contributed by atoms with Gasteiger partial charge in [0.15, 0.2) is 0 Å². The van der Waals surface area contributed by atoms with Crippen LogP contribution in [0.25, 0.3) is 11.5 Å². The zero-order valence-corrected chi connectivity index (χ0v) is 15.3. The van der Waals surface area contributed by atoms with Crippen LogP contribution < -0.4 is 5.32 Å². The molecule has 0 saturated heterocycles. The average molecular weight is 347 g/mol. The Labute approximate surface area is 148 Å². The molecule has 1 unspecified atom stereocenters. The van der Waals surface area contributed by atoms with Crippen LogP contribution in [0.2, 0.25) is 0 Å². The van der Waals surface area contributed by atoms with Crippen LogP contribution in [0, 0.1) is 12.7 Å². The Balaban J connectivity index is 1.96. The van der Waals surface area contributed by atoms with Gasteiger partial charge in [-0.1, -0.05) is 13.8 Å². The van der Waals surface area contributed by atoms with Crippen LogP contribution in [0.15, 0.2) is 28.7 Å². The van der Waals surface area contributed by atoms with E-state index in [1.807, 2.05) is 0 Å². The quantitative estimate of drug-likeness (QED) is 0.797. The highest BCUT2D eigenvalue weighted by Crippen LogP contribution is 2.22. The summed E-state index contributed by atoms with van der Waals surface area (Å²) in [5, 5.41) is 2.95. The number of hydrogen-bond donors (Lipinski definition) is 1. The molecule has 2 aromatic rings. The van der Waals surface area contributed by atoms with Gasteiger partial charge in [0.2, 0.25) is 11.8 Å². The highest BCUT2D eigenvalue weighted by Gasteiger charge is 2.16. The molecule has 0 spiro atoms. The average Bonchev–Trinajstić information content (AvgIpc) is 2.95. The number of amides is 1. The lowest BCUT2D eigenvalue weighted by Crippen LogP contribution is -2.42. The first kappa shape index (κ1) is 19.1. The Hall–Kier alpha value is -2.21. The van der Waals surface area contributed by atoms with E-state index >= 15 is 0 Å². The number of oxazole rings is 1. The van der Waals surface area contributed by atoms with Crippen molar-refractivity contribution < 1.29 is 13.6 Å². The van der Waals surface area contributed by atoms with Gasteiger partial charge in [0, 0.05) is 18.2 Å². The summed E-state index contributed by atoms with van der Waals surface area (Å²) >= 11 is 0. The first-order chi connectivity index (χ1) is 11.9. The number of aromatic nitrogens is 1. The van der Waals surface area contributed by atoms with Crippen molar-refractivity contribution in [2.45, 2.75) is 40.2 Å². The molecule has 0 bridgehead atoms. The van der Waals surface area contributed by atoms with Crippen LogP contribution >= 0.6 is 0 Å². The molecule has 136 valence electrons. The number of nitrogens with one attached hydrogen (secondary N) is 1. The number of rotatable bonds is 8. The molecule has 1 amide bonds. The summed E-state index contributed by atoms with van der Waals surface area (Å²) < 4.78 is 18.6. The van der Waals surface area contributed by atoms with Crippen molar-refractivity contribution in [2.24, 2.45) is 0 Å². The minimum absolute atomic E-state index is 0.0823. The number of likely N-dealkylation sites (N-methyl/N-ethyl adjacent to an activating group) is 1. The maximum absolute atomic E-state index is 13.0. The van der Waals surface area contributed by atoms with Gasteiger partial charge < -0.3 is 9.73 Å². The fraction of sp³-hybridized carbons (Fsp3) is 0.474. The van der Waals surface area contributed by atoms with Gasteiger partial charge in [0.25, 0.3) is 0 Å². The molecule has 0 saturated carbocycles. The predicted octanol–water partition coefficient (Wildman–Crippen LogP) is 3.18. The van der Waals surface area contributed by atoms with Gasteiger partial charge in [-0.2, -0.15) is 0 Å². The van der Waals surface area contributed by atoms with Gasteiger partial charge in [-0.05, 0) is 51.2 Å². The van der Waals surface area contributed by atoms with Crippen LogP contribution in [0.5, 0.6) is 0 Å². The van der Waals surface area contributed by atoms with E-state index < -0.39 is 0 Å². The Morgan fingerprint density at radius 2 is 1.92 bits per heavy atom. The third kappa shape index (κ3) is 5.13. The molecule has 5 nitrogen and oxygen atoms in total. The van der Waals surface area contributed by atoms with E-state index in [1.165, 1.54) is 12.1 Å². The molecular weight excluding hydrogens is 321 g/mol. The molecule has 2 rings (SSSR count). The summed E-state index contributed by atoms with van der Waals surface area (Å²) in [5.74, 6) is 0.609. The van der Waals surface area contributed by atoms with Crippen molar-refractivity contribution in [3.63, 3.8) is 0 Å². The maximum Gasteiger partial charge on any atom is 0.226 e. The van der Waals surface area contributed by atoms with Gasteiger partial charge in [-0.3, -0.25) is 9.69 Å². The molecule has 0 aliphatic carbocycles. The standard InChI is InChI=1S/C19H26FN3O2/c1-5-23(6-2)13(3)12-21-18(24)11-17-14(4)25-19(22-17)15-7-9-16(20)10-8-15/h7-10,13H,5-6,11-12H2,1-4H3,(H,21,24). The Morgan fingerprint density at radius 3 is 2.52 bits per heavy atom. The van der Waals surface area contributed by atoms with Gasteiger partial charge in [-0.25, -0.2) is 9.37 Å². The molecule has 1 aromatic carbocycles. The first-order valence-electron chi connectivity index (χ1n) is 8.67. The summed E-state index contributed by atoms with van der Waals surface area (Å²) in [6.07, 6.45) is 0.168. The van der Waals surface area contributed by atoms with Crippen molar-refractivity contribution in [1.82, 2.24) is 15.2 Å². The Bertz CT molecular complexity index is 693. The topological polar surface area (TPSA) is 58.4 Å². The van der Waals surface area contributed by atoms with E-state index in [4.69, 9.17) is 4.42 Å². The maximum atomic E-state index is 13.0. The fourth-order valence-electron chi connectivity index (χ4n) is 2.76. The second-order valence-corrected chi connectivity index (χ2v) is 6.08. The summed E-state index contributed by atoms with van der Waals surface area (Å²) in [6.45, 7) is 10.6. The lowest BCUT2D eigenvalue weighted by Gasteiger charge is -2.26. The summed E-state index contributed by atoms with van der Waals surface area (Å²) in [5.41, 5.74) is 1.29. The lowest BCUT2D eigenvalue weighted by atomic mass is 10.2. The summed E-state index contributed by atoms with van der Waals surface area (Å²) in [4.78, 5) is 18.9. The monoisotopic (exact) mass is 347 g/mol. The highest BCUT2D eigenvalue weighted by molar-refractivity contribution is 5.78. The highest BCUT2D eigenvalue weighted by atomic mass is 19.1. The third-order valence-electron chi connectivity index (χ3n) is 4.34. The molecule has 0 radical (unpaired) electrons. The van der Waals surface area contributed by atoms with Gasteiger partial charge in [-0.15, -0.1) is 0 Å². The number of carbonyl (C=O) groups excluding carboxylic acids is 1. The molecule has 0 aliphatic heterocycles. The van der Waals surface area contributed by atoms with E-state index in [1.54, 1.807) is 19.1 Å². The van der Waals surface area contributed by atoms with E-state index in [9.17, 15) is 9.18 Å². The van der Waals surface area contributed by atoms with Crippen molar-refractivity contribution in [3.05, 3.63) is 41.5 Å². The zero-order chi connectivity index (χ0) is 18.4. The second-order valence-electron chi connectivity index (χ2n) is 6.08. The van der Waals surface area contributed by atoms with Crippen LogP contribution in [-0.4, -0.2) is 41.5 Å². The largest absolute Gasteiger partial charge is 0.441 e. The number of hydrogen-bond acceptors (Lipinski definition) is 4. The van der Waals surface area contributed by atoms with Crippen molar-refractivity contribution in [3.8, 4) is 11.5 Å². The van der Waals surface area contributed by atoms with Crippen molar-refractivity contribution >= 4 is 5.91 Å². The fourth-order valence-corrected chi connectivity index (χ4v) is 2.76. The number of halogens is 1. The molecule has 1 atom stereocenters. The van der Waals surface area contributed by atoms with Crippen LogP contribution in [0.1, 0.15) is 32.2 Å². The third-order valence-corrected chi connectivity index (χ3v) is 4.34. The first-order valence-corrected chi connectivity index (χ1v) is 8.67. The van der Waals surface area contributed by atoms with Gasteiger partial charge in [0.05, 0.1) is 12.1 Å². The number of benzene rings is 1. The molecular formula is C19H26FN3O2.